The van der Waals surface area contributed by atoms with E-state index in [4.69, 9.17) is 18.9 Å². The third-order valence-electron chi connectivity index (χ3n) is 6.66. The number of rotatable bonds is 4. The fourth-order valence-corrected chi connectivity index (χ4v) is 5.14. The van der Waals surface area contributed by atoms with Crippen LogP contribution in [0.5, 0.6) is 0 Å². The number of aliphatic hydroxyl groups is 1. The third kappa shape index (κ3) is 3.37. The summed E-state index contributed by atoms with van der Waals surface area (Å²) in [5.41, 5.74) is 0.861. The standard InChI is InChI=1S/C22H26O8/c1-10(5-6-27-13(4)23)20(25)29-15-8-22(9-28-22)18-14(24)7-11(2)16(18)19-17(15)12(3)21(26)30-19/h5,7,14-19,24H,3,6,8-9H2,1-2,4H3/b10-5-/t14-,15-,16-,17+,18+,19+,22-/m0/s1. The molecule has 3 fully saturated rings. The van der Waals surface area contributed by atoms with E-state index in [1.54, 1.807) is 13.0 Å². The number of esters is 3. The first-order chi connectivity index (χ1) is 14.1. The quantitative estimate of drug-likeness (QED) is 0.239. The van der Waals surface area contributed by atoms with Gasteiger partial charge in [0.1, 0.15) is 24.4 Å². The largest absolute Gasteiger partial charge is 0.462 e. The molecule has 2 saturated heterocycles. The zero-order valence-electron chi connectivity index (χ0n) is 17.3. The summed E-state index contributed by atoms with van der Waals surface area (Å²) in [4.78, 5) is 35.9. The summed E-state index contributed by atoms with van der Waals surface area (Å²) in [6.07, 6.45) is 1.62. The van der Waals surface area contributed by atoms with Crippen LogP contribution in [0.2, 0.25) is 0 Å². The molecule has 2 heterocycles. The van der Waals surface area contributed by atoms with Crippen molar-refractivity contribution in [2.45, 2.75) is 51.1 Å². The van der Waals surface area contributed by atoms with Crippen LogP contribution < -0.4 is 0 Å². The molecule has 1 spiro atoms. The van der Waals surface area contributed by atoms with E-state index >= 15 is 0 Å². The van der Waals surface area contributed by atoms with E-state index < -0.39 is 47.7 Å². The molecule has 1 N–H and O–H groups in total. The second kappa shape index (κ2) is 7.35. The Bertz CT molecular complexity index is 864. The van der Waals surface area contributed by atoms with Crippen molar-refractivity contribution in [1.29, 1.82) is 0 Å². The predicted octanol–water partition coefficient (Wildman–Crippen LogP) is 1.23. The predicted molar refractivity (Wildman–Crippen MR) is 103 cm³/mol. The third-order valence-corrected chi connectivity index (χ3v) is 6.66. The van der Waals surface area contributed by atoms with Gasteiger partial charge in [-0.25, -0.2) is 9.59 Å². The van der Waals surface area contributed by atoms with Crippen LogP contribution in [0.15, 0.2) is 35.5 Å². The Kier molecular flexibility index (Phi) is 5.10. The Morgan fingerprint density at radius 1 is 1.37 bits per heavy atom. The zero-order chi connectivity index (χ0) is 21.8. The van der Waals surface area contributed by atoms with Crippen LogP contribution in [0.25, 0.3) is 0 Å². The average Bonchev–Trinajstić information content (AvgIpc) is 3.30. The molecular formula is C22H26O8. The number of hydrogen-bond acceptors (Lipinski definition) is 8. The molecule has 0 aromatic carbocycles. The molecule has 1 saturated carbocycles. The molecule has 162 valence electrons. The lowest BCUT2D eigenvalue weighted by molar-refractivity contribution is -0.149. The molecule has 8 nitrogen and oxygen atoms in total. The van der Waals surface area contributed by atoms with Crippen molar-refractivity contribution >= 4 is 17.9 Å². The Hall–Kier alpha value is -2.45. The first-order valence-electron chi connectivity index (χ1n) is 10.1. The van der Waals surface area contributed by atoms with Crippen molar-refractivity contribution in [3.8, 4) is 0 Å². The topological polar surface area (TPSA) is 112 Å². The SMILES string of the molecule is C=C1C(=O)O[C@@H]2[C@H]3C(C)=C[C@H](O)[C@H]3[C@@]3(CO3)C[C@H](OC(=O)/C(C)=C\COC(C)=O)[C@@H]12. The average molecular weight is 418 g/mol. The lowest BCUT2D eigenvalue weighted by atomic mass is 9.77. The maximum atomic E-state index is 12.7. The number of ether oxygens (including phenoxy) is 4. The molecule has 0 radical (unpaired) electrons. The van der Waals surface area contributed by atoms with Crippen molar-refractivity contribution in [1.82, 2.24) is 0 Å². The van der Waals surface area contributed by atoms with Crippen molar-refractivity contribution in [3.05, 3.63) is 35.5 Å². The molecular weight excluding hydrogens is 392 g/mol. The van der Waals surface area contributed by atoms with Gasteiger partial charge in [0.2, 0.25) is 0 Å². The van der Waals surface area contributed by atoms with Gasteiger partial charge in [-0.2, -0.15) is 0 Å². The Labute approximate surface area is 174 Å². The normalized spacial score (nSPS) is 39.6. The van der Waals surface area contributed by atoms with Gasteiger partial charge < -0.3 is 24.1 Å². The van der Waals surface area contributed by atoms with Crippen LogP contribution in [-0.4, -0.2) is 60.1 Å². The van der Waals surface area contributed by atoms with Gasteiger partial charge in [-0.3, -0.25) is 4.79 Å². The van der Waals surface area contributed by atoms with E-state index in [1.807, 2.05) is 6.92 Å². The van der Waals surface area contributed by atoms with Crippen molar-refractivity contribution in [2.75, 3.05) is 13.2 Å². The zero-order valence-corrected chi connectivity index (χ0v) is 17.3. The van der Waals surface area contributed by atoms with Crippen molar-refractivity contribution in [3.63, 3.8) is 0 Å². The van der Waals surface area contributed by atoms with E-state index in [0.717, 1.165) is 5.57 Å². The first-order valence-corrected chi connectivity index (χ1v) is 10.1. The van der Waals surface area contributed by atoms with E-state index in [2.05, 4.69) is 6.58 Å². The van der Waals surface area contributed by atoms with Gasteiger partial charge >= 0.3 is 17.9 Å². The van der Waals surface area contributed by atoms with Gasteiger partial charge in [0, 0.05) is 36.3 Å². The van der Waals surface area contributed by atoms with Gasteiger partial charge in [-0.1, -0.05) is 18.2 Å². The summed E-state index contributed by atoms with van der Waals surface area (Å²) in [7, 11) is 0. The van der Waals surface area contributed by atoms with Crippen LogP contribution in [-0.2, 0) is 33.3 Å². The van der Waals surface area contributed by atoms with Crippen molar-refractivity contribution in [2.24, 2.45) is 17.8 Å². The summed E-state index contributed by atoms with van der Waals surface area (Å²) in [5, 5.41) is 10.7. The summed E-state index contributed by atoms with van der Waals surface area (Å²) in [6, 6.07) is 0. The molecule has 30 heavy (non-hydrogen) atoms. The van der Waals surface area contributed by atoms with Gasteiger partial charge in [0.25, 0.3) is 0 Å². The molecule has 0 amide bonds. The first kappa shape index (κ1) is 20.8. The molecule has 0 aromatic heterocycles. The Morgan fingerprint density at radius 3 is 2.70 bits per heavy atom. The highest BCUT2D eigenvalue weighted by atomic mass is 16.6. The van der Waals surface area contributed by atoms with Crippen LogP contribution in [0, 0.1) is 17.8 Å². The highest BCUT2D eigenvalue weighted by molar-refractivity contribution is 5.92. The summed E-state index contributed by atoms with van der Waals surface area (Å²) < 4.78 is 22.1. The minimum Gasteiger partial charge on any atom is -0.462 e. The minimum atomic E-state index is -0.717. The number of aliphatic hydroxyl groups excluding tert-OH is 1. The minimum absolute atomic E-state index is 0.0331. The summed E-state index contributed by atoms with van der Waals surface area (Å²) >= 11 is 0. The fourth-order valence-electron chi connectivity index (χ4n) is 5.14. The lowest BCUT2D eigenvalue weighted by Gasteiger charge is -2.30. The van der Waals surface area contributed by atoms with Crippen LogP contribution in [0.3, 0.4) is 0 Å². The van der Waals surface area contributed by atoms with Gasteiger partial charge in [-0.05, 0) is 19.9 Å². The van der Waals surface area contributed by atoms with Gasteiger partial charge in [-0.15, -0.1) is 0 Å². The molecule has 8 heteroatoms. The van der Waals surface area contributed by atoms with Gasteiger partial charge in [0.05, 0.1) is 18.6 Å². The second-order valence-electron chi connectivity index (χ2n) is 8.56. The van der Waals surface area contributed by atoms with Crippen LogP contribution >= 0.6 is 0 Å². The number of carbonyl (C=O) groups excluding carboxylic acids is 3. The lowest BCUT2D eigenvalue weighted by Crippen LogP contribution is -2.39. The number of carbonyl (C=O) groups is 3. The monoisotopic (exact) mass is 418 g/mol. The molecule has 2 aliphatic heterocycles. The van der Waals surface area contributed by atoms with E-state index in [-0.39, 0.29) is 29.6 Å². The van der Waals surface area contributed by atoms with Crippen LogP contribution in [0.1, 0.15) is 27.2 Å². The molecule has 4 aliphatic rings. The van der Waals surface area contributed by atoms with E-state index in [1.165, 1.54) is 13.0 Å². The maximum Gasteiger partial charge on any atom is 0.334 e. The van der Waals surface area contributed by atoms with E-state index in [9.17, 15) is 19.5 Å². The Morgan fingerprint density at radius 2 is 2.07 bits per heavy atom. The molecule has 4 rings (SSSR count). The smallest absolute Gasteiger partial charge is 0.334 e. The molecule has 0 aromatic rings. The fraction of sp³-hybridized carbons (Fsp3) is 0.591. The Balaban J connectivity index is 1.61. The highest BCUT2D eigenvalue weighted by Crippen LogP contribution is 2.58. The maximum absolute atomic E-state index is 12.7. The number of epoxide rings is 1. The van der Waals surface area contributed by atoms with Gasteiger partial charge in [0.15, 0.2) is 0 Å². The molecule has 7 atom stereocenters. The molecule has 0 unspecified atom stereocenters. The summed E-state index contributed by atoms with van der Waals surface area (Å²) in [6.45, 7) is 9.07. The van der Waals surface area contributed by atoms with Crippen LogP contribution in [0.4, 0.5) is 0 Å². The second-order valence-corrected chi connectivity index (χ2v) is 8.56. The van der Waals surface area contributed by atoms with E-state index in [0.29, 0.717) is 13.0 Å². The number of fused-ring (bicyclic) bond motifs is 4. The number of hydrogen-bond donors (Lipinski definition) is 1. The summed E-state index contributed by atoms with van der Waals surface area (Å²) in [5.74, 6) is -2.54. The van der Waals surface area contributed by atoms with Crippen molar-refractivity contribution < 1.29 is 38.4 Å². The highest BCUT2D eigenvalue weighted by Gasteiger charge is 2.67. The molecule has 2 aliphatic carbocycles. The molecule has 0 bridgehead atoms.